The first kappa shape index (κ1) is 16.5. The number of aromatic amines is 1. The van der Waals surface area contributed by atoms with Gasteiger partial charge in [0.2, 0.25) is 5.91 Å². The van der Waals surface area contributed by atoms with E-state index in [1.807, 2.05) is 47.4 Å². The molecule has 3 aromatic rings. The van der Waals surface area contributed by atoms with E-state index >= 15 is 0 Å². The zero-order valence-corrected chi connectivity index (χ0v) is 14.2. The minimum atomic E-state index is -0.245. The van der Waals surface area contributed by atoms with Crippen molar-refractivity contribution in [3.63, 3.8) is 0 Å². The normalized spacial score (nSPS) is 17.4. The van der Waals surface area contributed by atoms with Crippen LogP contribution >= 0.6 is 0 Å². The first-order valence-corrected chi connectivity index (χ1v) is 8.62. The highest BCUT2D eigenvalue weighted by atomic mass is 16.5. The lowest BCUT2D eigenvalue weighted by atomic mass is 10.0. The summed E-state index contributed by atoms with van der Waals surface area (Å²) in [7, 11) is 0. The molecule has 2 heterocycles. The number of carbonyl (C=O) groups excluding carboxylic acids is 1. The summed E-state index contributed by atoms with van der Waals surface area (Å²) in [5.74, 6) is -0.0214. The lowest BCUT2D eigenvalue weighted by Gasteiger charge is -2.36. The summed E-state index contributed by atoms with van der Waals surface area (Å²) in [4.78, 5) is 26.8. The lowest BCUT2D eigenvalue weighted by Crippen LogP contribution is -2.44. The highest BCUT2D eigenvalue weighted by Crippen LogP contribution is 2.25. The van der Waals surface area contributed by atoms with Gasteiger partial charge >= 0.3 is 0 Å². The maximum absolute atomic E-state index is 13.0. The van der Waals surface area contributed by atoms with Crippen molar-refractivity contribution >= 4 is 16.7 Å². The molecule has 6 heteroatoms. The van der Waals surface area contributed by atoms with Gasteiger partial charge in [0.1, 0.15) is 0 Å². The molecule has 0 aliphatic carbocycles. The van der Waals surface area contributed by atoms with Gasteiger partial charge in [-0.3, -0.25) is 9.59 Å². The smallest absolute Gasteiger partial charge is 0.272 e. The number of hydrogen-bond acceptors (Lipinski definition) is 4. The Labute approximate surface area is 150 Å². The molecular weight excluding hydrogens is 330 g/mol. The third kappa shape index (κ3) is 3.11. The Hall–Kier alpha value is -2.99. The molecule has 1 saturated heterocycles. The second-order valence-corrected chi connectivity index (χ2v) is 6.31. The van der Waals surface area contributed by atoms with Gasteiger partial charge in [-0.2, -0.15) is 5.10 Å². The number of rotatable bonds is 3. The molecule has 2 aromatic carbocycles. The van der Waals surface area contributed by atoms with Gasteiger partial charge in [-0.1, -0.05) is 48.5 Å². The minimum Gasteiger partial charge on any atom is -0.377 e. The van der Waals surface area contributed by atoms with E-state index in [1.165, 1.54) is 0 Å². The summed E-state index contributed by atoms with van der Waals surface area (Å²) in [5, 5.41) is 7.88. The molecule has 1 N–H and O–H groups in total. The fraction of sp³-hybridized carbons (Fsp3) is 0.250. The summed E-state index contributed by atoms with van der Waals surface area (Å²) in [6.45, 7) is 1.55. The van der Waals surface area contributed by atoms with E-state index in [4.69, 9.17) is 4.74 Å². The number of H-pyrrole nitrogens is 1. The molecule has 1 amide bonds. The highest BCUT2D eigenvalue weighted by Gasteiger charge is 2.29. The van der Waals surface area contributed by atoms with Gasteiger partial charge in [-0.25, -0.2) is 5.10 Å². The summed E-state index contributed by atoms with van der Waals surface area (Å²) < 4.78 is 5.60. The number of amides is 1. The molecule has 1 aromatic heterocycles. The van der Waals surface area contributed by atoms with Crippen molar-refractivity contribution in [1.29, 1.82) is 0 Å². The van der Waals surface area contributed by atoms with Crippen LogP contribution in [0.5, 0.6) is 0 Å². The number of hydrogen-bond donors (Lipinski definition) is 1. The molecule has 1 fully saturated rings. The van der Waals surface area contributed by atoms with Gasteiger partial charge < -0.3 is 9.64 Å². The Bertz CT molecular complexity index is 984. The van der Waals surface area contributed by atoms with Crippen LogP contribution in [0, 0.1) is 0 Å². The van der Waals surface area contributed by atoms with E-state index < -0.39 is 0 Å². The summed E-state index contributed by atoms with van der Waals surface area (Å²) in [6, 6.07) is 17.0. The van der Waals surface area contributed by atoms with Crippen LogP contribution in [0.1, 0.15) is 17.3 Å². The van der Waals surface area contributed by atoms with E-state index in [2.05, 4.69) is 10.2 Å². The van der Waals surface area contributed by atoms with Crippen molar-refractivity contribution in [3.8, 4) is 0 Å². The summed E-state index contributed by atoms with van der Waals surface area (Å²) in [5.41, 5.74) is 1.40. The lowest BCUT2D eigenvalue weighted by molar-refractivity contribution is -0.139. The number of aromatic nitrogens is 2. The molecular formula is C20H19N3O3. The fourth-order valence-electron chi connectivity index (χ4n) is 3.40. The van der Waals surface area contributed by atoms with Crippen LogP contribution in [-0.2, 0) is 16.0 Å². The number of ether oxygens (including phenoxy) is 1. The largest absolute Gasteiger partial charge is 0.377 e. The molecule has 0 saturated carbocycles. The van der Waals surface area contributed by atoms with E-state index in [0.29, 0.717) is 36.2 Å². The van der Waals surface area contributed by atoms with Gasteiger partial charge in [0.05, 0.1) is 36.8 Å². The molecule has 1 aliphatic rings. The number of carbonyl (C=O) groups is 1. The summed E-state index contributed by atoms with van der Waals surface area (Å²) >= 11 is 0. The predicted molar refractivity (Wildman–Crippen MR) is 97.8 cm³/mol. The zero-order chi connectivity index (χ0) is 17.9. The average molecular weight is 349 g/mol. The Morgan fingerprint density at radius 1 is 1.12 bits per heavy atom. The average Bonchev–Trinajstić information content (AvgIpc) is 2.71. The van der Waals surface area contributed by atoms with Crippen molar-refractivity contribution in [1.82, 2.24) is 15.1 Å². The van der Waals surface area contributed by atoms with Crippen LogP contribution in [0.15, 0.2) is 59.4 Å². The number of morpholine rings is 1. The van der Waals surface area contributed by atoms with E-state index in [-0.39, 0.29) is 23.9 Å². The predicted octanol–water partition coefficient (Wildman–Crippen LogP) is 2.07. The van der Waals surface area contributed by atoms with Gasteiger partial charge in [0, 0.05) is 11.9 Å². The Balaban J connectivity index is 1.63. The van der Waals surface area contributed by atoms with Crippen LogP contribution in [0.2, 0.25) is 0 Å². The SMILES string of the molecule is O=C(Cc1n[nH]c(=O)c2ccccc12)N1CCOCC1c1ccccc1. The van der Waals surface area contributed by atoms with Crippen molar-refractivity contribution in [2.45, 2.75) is 12.5 Å². The Kier molecular flexibility index (Phi) is 4.50. The molecule has 26 heavy (non-hydrogen) atoms. The van der Waals surface area contributed by atoms with Crippen LogP contribution in [-0.4, -0.2) is 40.8 Å². The third-order valence-electron chi connectivity index (χ3n) is 4.73. The molecule has 132 valence electrons. The molecule has 0 spiro atoms. The quantitative estimate of drug-likeness (QED) is 0.785. The maximum Gasteiger partial charge on any atom is 0.272 e. The number of nitrogens with zero attached hydrogens (tertiary/aromatic N) is 2. The van der Waals surface area contributed by atoms with E-state index in [1.54, 1.807) is 12.1 Å². The second-order valence-electron chi connectivity index (χ2n) is 6.31. The standard InChI is InChI=1S/C20H19N3O3/c24-19(12-17-15-8-4-5-9-16(15)20(25)22-21-17)23-10-11-26-13-18(23)14-6-2-1-3-7-14/h1-9,18H,10-13H2,(H,22,25). The molecule has 1 aliphatic heterocycles. The Morgan fingerprint density at radius 3 is 2.65 bits per heavy atom. The molecule has 0 radical (unpaired) electrons. The summed E-state index contributed by atoms with van der Waals surface area (Å²) in [6.07, 6.45) is 0.140. The molecule has 1 atom stereocenters. The Morgan fingerprint density at radius 2 is 1.85 bits per heavy atom. The highest BCUT2D eigenvalue weighted by molar-refractivity contribution is 5.88. The molecule has 0 bridgehead atoms. The first-order chi connectivity index (χ1) is 12.7. The van der Waals surface area contributed by atoms with Gasteiger partial charge in [-0.15, -0.1) is 0 Å². The van der Waals surface area contributed by atoms with Crippen molar-refractivity contribution in [3.05, 3.63) is 76.2 Å². The number of benzene rings is 2. The van der Waals surface area contributed by atoms with E-state index in [9.17, 15) is 9.59 Å². The van der Waals surface area contributed by atoms with Gasteiger partial charge in [-0.05, 0) is 11.6 Å². The molecule has 6 nitrogen and oxygen atoms in total. The van der Waals surface area contributed by atoms with E-state index in [0.717, 1.165) is 5.56 Å². The number of fused-ring (bicyclic) bond motifs is 1. The van der Waals surface area contributed by atoms with Gasteiger partial charge in [0.15, 0.2) is 0 Å². The van der Waals surface area contributed by atoms with Crippen LogP contribution in [0.3, 0.4) is 0 Å². The van der Waals surface area contributed by atoms with Gasteiger partial charge in [0.25, 0.3) is 5.56 Å². The zero-order valence-electron chi connectivity index (χ0n) is 14.2. The number of nitrogens with one attached hydrogen (secondary N) is 1. The third-order valence-corrected chi connectivity index (χ3v) is 4.73. The monoisotopic (exact) mass is 349 g/mol. The van der Waals surface area contributed by atoms with Crippen molar-refractivity contribution < 1.29 is 9.53 Å². The van der Waals surface area contributed by atoms with Crippen LogP contribution in [0.25, 0.3) is 10.8 Å². The molecule has 4 rings (SSSR count). The van der Waals surface area contributed by atoms with Crippen molar-refractivity contribution in [2.75, 3.05) is 19.8 Å². The minimum absolute atomic E-state index is 0.0214. The second kappa shape index (κ2) is 7.09. The topological polar surface area (TPSA) is 75.3 Å². The maximum atomic E-state index is 13.0. The molecule has 1 unspecified atom stereocenters. The fourth-order valence-corrected chi connectivity index (χ4v) is 3.40. The van der Waals surface area contributed by atoms with Crippen molar-refractivity contribution in [2.24, 2.45) is 0 Å². The van der Waals surface area contributed by atoms with Crippen LogP contribution < -0.4 is 5.56 Å². The van der Waals surface area contributed by atoms with Crippen LogP contribution in [0.4, 0.5) is 0 Å². The first-order valence-electron chi connectivity index (χ1n) is 8.62.